The Hall–Kier alpha value is -2.24. The molecule has 3 nitrogen and oxygen atoms in total. The van der Waals surface area contributed by atoms with Crippen molar-refractivity contribution in [1.82, 2.24) is 0 Å². The Morgan fingerprint density at radius 3 is 1.76 bits per heavy atom. The lowest BCUT2D eigenvalue weighted by Gasteiger charge is -2.45. The molecule has 0 saturated heterocycles. The lowest BCUT2D eigenvalue weighted by molar-refractivity contribution is 0.00285. The molecule has 0 saturated carbocycles. The zero-order valence-corrected chi connectivity index (χ0v) is 22.1. The van der Waals surface area contributed by atoms with E-state index in [1.807, 2.05) is 18.2 Å². The van der Waals surface area contributed by atoms with Crippen molar-refractivity contribution in [3.8, 4) is 0 Å². The summed E-state index contributed by atoms with van der Waals surface area (Å²) in [5.41, 5.74) is 1.16. The fraction of sp³-hybridized carbons (Fsp3) is 0.400. The van der Waals surface area contributed by atoms with Gasteiger partial charge in [0.05, 0.1) is 12.7 Å². The maximum atomic E-state index is 9.45. The molecule has 0 bridgehead atoms. The number of hydrogen-bond acceptors (Lipinski definition) is 3. The average Bonchev–Trinajstić information content (AvgIpc) is 2.85. The van der Waals surface area contributed by atoms with Crippen LogP contribution < -0.4 is 10.4 Å². The van der Waals surface area contributed by atoms with E-state index in [-0.39, 0.29) is 23.9 Å². The normalized spacial score (nSPS) is 14.0. The maximum absolute atomic E-state index is 9.45. The first kappa shape index (κ1) is 26.4. The summed E-state index contributed by atoms with van der Waals surface area (Å²) in [6, 6.07) is 31.8. The Kier molecular flexibility index (Phi) is 9.66. The smallest absolute Gasteiger partial charge is 0.261 e. The van der Waals surface area contributed by atoms with Crippen molar-refractivity contribution in [2.45, 2.75) is 70.8 Å². The largest absolute Gasteiger partial charge is 0.405 e. The Morgan fingerprint density at radius 1 is 0.794 bits per heavy atom. The first-order valence-corrected chi connectivity index (χ1v) is 14.3. The van der Waals surface area contributed by atoms with Gasteiger partial charge < -0.3 is 14.3 Å². The van der Waals surface area contributed by atoms with Crippen LogP contribution in [0.1, 0.15) is 52.5 Å². The second kappa shape index (κ2) is 12.5. The first-order valence-electron chi connectivity index (χ1n) is 12.4. The van der Waals surface area contributed by atoms with Crippen LogP contribution in [0.2, 0.25) is 5.04 Å². The van der Waals surface area contributed by atoms with E-state index in [1.165, 1.54) is 10.4 Å². The zero-order chi connectivity index (χ0) is 24.4. The molecule has 3 aromatic carbocycles. The van der Waals surface area contributed by atoms with Crippen LogP contribution in [-0.4, -0.2) is 32.2 Å². The number of aliphatic hydroxyl groups excluding tert-OH is 1. The number of aliphatic hydroxyl groups is 1. The van der Waals surface area contributed by atoms with Crippen LogP contribution in [-0.2, 0) is 15.8 Å². The minimum atomic E-state index is -2.60. The Bertz CT molecular complexity index is 915. The predicted molar refractivity (Wildman–Crippen MR) is 144 cm³/mol. The summed E-state index contributed by atoms with van der Waals surface area (Å²) in [5.74, 6) is 0. The van der Waals surface area contributed by atoms with Gasteiger partial charge in [-0.1, -0.05) is 112 Å². The third-order valence-corrected chi connectivity index (χ3v) is 11.6. The van der Waals surface area contributed by atoms with Gasteiger partial charge in [0.25, 0.3) is 8.32 Å². The van der Waals surface area contributed by atoms with Gasteiger partial charge >= 0.3 is 0 Å². The minimum Gasteiger partial charge on any atom is -0.405 e. The Morgan fingerprint density at radius 2 is 1.29 bits per heavy atom. The van der Waals surface area contributed by atoms with Crippen molar-refractivity contribution in [1.29, 1.82) is 0 Å². The molecule has 0 heterocycles. The molecule has 0 radical (unpaired) electrons. The summed E-state index contributed by atoms with van der Waals surface area (Å²) >= 11 is 0. The van der Waals surface area contributed by atoms with Crippen LogP contribution in [0.5, 0.6) is 0 Å². The molecule has 3 rings (SSSR count). The monoisotopic (exact) mass is 476 g/mol. The fourth-order valence-corrected chi connectivity index (χ4v) is 9.50. The van der Waals surface area contributed by atoms with E-state index in [2.05, 4.69) is 100 Å². The molecular formula is C30H40O3Si. The fourth-order valence-electron chi connectivity index (χ4n) is 4.79. The predicted octanol–water partition coefficient (Wildman–Crippen LogP) is 5.70. The van der Waals surface area contributed by atoms with Crippen LogP contribution in [0.4, 0.5) is 0 Å². The van der Waals surface area contributed by atoms with Crippen LogP contribution in [0.3, 0.4) is 0 Å². The standard InChI is InChI=1S/C30H40O3Si/c1-25(23-27(17-14-22-31)32-24-26-15-8-5-9-16-26)33-34(30(2,3)4,28-18-10-6-11-19-28)29-20-12-7-13-21-29/h5-13,15-16,18-21,25,27,31H,14,17,22-24H2,1-4H3/t25-,27-/m0/s1. The SMILES string of the molecule is C[C@@H](C[C@H](CCCO)OCc1ccccc1)O[Si](c1ccccc1)(c1ccccc1)C(C)(C)C. The van der Waals surface area contributed by atoms with Gasteiger partial charge in [0.15, 0.2) is 0 Å². The molecule has 182 valence electrons. The van der Waals surface area contributed by atoms with Crippen molar-refractivity contribution in [2.24, 2.45) is 0 Å². The van der Waals surface area contributed by atoms with E-state index >= 15 is 0 Å². The zero-order valence-electron chi connectivity index (χ0n) is 21.1. The molecular weight excluding hydrogens is 436 g/mol. The summed E-state index contributed by atoms with van der Waals surface area (Å²) < 4.78 is 13.6. The summed E-state index contributed by atoms with van der Waals surface area (Å²) in [6.45, 7) is 9.85. The third-order valence-electron chi connectivity index (χ3n) is 6.40. The van der Waals surface area contributed by atoms with Gasteiger partial charge in [-0.3, -0.25) is 0 Å². The molecule has 0 unspecified atom stereocenters. The highest BCUT2D eigenvalue weighted by Gasteiger charge is 2.51. The molecule has 4 heteroatoms. The molecule has 0 amide bonds. The van der Waals surface area contributed by atoms with Gasteiger partial charge in [-0.05, 0) is 47.2 Å². The second-order valence-electron chi connectivity index (χ2n) is 10.1. The van der Waals surface area contributed by atoms with Gasteiger partial charge in [0, 0.05) is 12.7 Å². The number of hydrogen-bond donors (Lipinski definition) is 1. The van der Waals surface area contributed by atoms with Gasteiger partial charge in [0.1, 0.15) is 0 Å². The summed E-state index contributed by atoms with van der Waals surface area (Å²) in [5, 5.41) is 12.0. The van der Waals surface area contributed by atoms with E-state index in [0.29, 0.717) is 6.61 Å². The van der Waals surface area contributed by atoms with Gasteiger partial charge in [-0.25, -0.2) is 0 Å². The Balaban J connectivity index is 1.87. The van der Waals surface area contributed by atoms with E-state index in [1.54, 1.807) is 0 Å². The maximum Gasteiger partial charge on any atom is 0.261 e. The van der Waals surface area contributed by atoms with Crippen LogP contribution >= 0.6 is 0 Å². The minimum absolute atomic E-state index is 0.00534. The molecule has 0 aliphatic carbocycles. The van der Waals surface area contributed by atoms with Crippen molar-refractivity contribution in [3.63, 3.8) is 0 Å². The van der Waals surface area contributed by atoms with Crippen molar-refractivity contribution in [3.05, 3.63) is 96.6 Å². The highest BCUT2D eigenvalue weighted by Crippen LogP contribution is 2.38. The van der Waals surface area contributed by atoms with Gasteiger partial charge in [-0.15, -0.1) is 0 Å². The summed E-state index contributed by atoms with van der Waals surface area (Å²) in [6.07, 6.45) is 2.37. The molecule has 34 heavy (non-hydrogen) atoms. The number of ether oxygens (including phenoxy) is 1. The topological polar surface area (TPSA) is 38.7 Å². The first-order chi connectivity index (χ1) is 16.4. The second-order valence-corrected chi connectivity index (χ2v) is 14.4. The quantitative estimate of drug-likeness (QED) is 0.341. The van der Waals surface area contributed by atoms with Crippen molar-refractivity contribution in [2.75, 3.05) is 6.61 Å². The highest BCUT2D eigenvalue weighted by molar-refractivity contribution is 6.99. The molecule has 1 N–H and O–H groups in total. The molecule has 3 aromatic rings. The van der Waals surface area contributed by atoms with Crippen LogP contribution in [0, 0.1) is 0 Å². The average molecular weight is 477 g/mol. The summed E-state index contributed by atoms with van der Waals surface area (Å²) in [7, 11) is -2.60. The van der Waals surface area contributed by atoms with Crippen LogP contribution in [0.25, 0.3) is 0 Å². The lowest BCUT2D eigenvalue weighted by Crippen LogP contribution is -2.67. The molecule has 0 aliphatic rings. The molecule has 0 aromatic heterocycles. The van der Waals surface area contributed by atoms with E-state index in [0.717, 1.165) is 24.8 Å². The molecule has 0 fully saturated rings. The summed E-state index contributed by atoms with van der Waals surface area (Å²) in [4.78, 5) is 0. The van der Waals surface area contributed by atoms with E-state index in [4.69, 9.17) is 9.16 Å². The third kappa shape index (κ3) is 6.67. The molecule has 2 atom stereocenters. The van der Waals surface area contributed by atoms with Gasteiger partial charge in [0.2, 0.25) is 0 Å². The van der Waals surface area contributed by atoms with Crippen LogP contribution in [0.15, 0.2) is 91.0 Å². The van der Waals surface area contributed by atoms with E-state index in [9.17, 15) is 5.11 Å². The Labute approximate surface area is 206 Å². The number of benzene rings is 3. The van der Waals surface area contributed by atoms with Crippen molar-refractivity contribution < 1.29 is 14.3 Å². The molecule has 0 spiro atoms. The molecule has 0 aliphatic heterocycles. The van der Waals surface area contributed by atoms with Gasteiger partial charge in [-0.2, -0.15) is 0 Å². The van der Waals surface area contributed by atoms with E-state index < -0.39 is 8.32 Å². The highest BCUT2D eigenvalue weighted by atomic mass is 28.4. The lowest BCUT2D eigenvalue weighted by atomic mass is 10.1. The number of rotatable bonds is 12. The van der Waals surface area contributed by atoms with Crippen molar-refractivity contribution >= 4 is 18.7 Å².